The van der Waals surface area contributed by atoms with Gasteiger partial charge in [0.05, 0.1) is 11.4 Å². The Kier molecular flexibility index (Phi) is 2.19. The molecule has 1 aliphatic heterocycles. The molecule has 0 aliphatic carbocycles. The summed E-state index contributed by atoms with van der Waals surface area (Å²) in [6, 6.07) is 5.48. The number of aromatic nitrogens is 1. The molecule has 0 bridgehead atoms. The minimum absolute atomic E-state index is 0.656. The van der Waals surface area contributed by atoms with Gasteiger partial charge in [-0.1, -0.05) is 12.1 Å². The highest BCUT2D eigenvalue weighted by molar-refractivity contribution is 5.92. The molecule has 0 fully saturated rings. The van der Waals surface area contributed by atoms with Crippen LogP contribution in [-0.4, -0.2) is 15.8 Å². The van der Waals surface area contributed by atoms with Gasteiger partial charge in [-0.25, -0.2) is 0 Å². The molecule has 3 heteroatoms. The first-order valence-corrected chi connectivity index (χ1v) is 4.18. The molecule has 0 spiro atoms. The Bertz CT molecular complexity index is 343. The highest BCUT2D eigenvalue weighted by Crippen LogP contribution is 2.16. The Balaban J connectivity index is 2.18. The lowest BCUT2D eigenvalue weighted by molar-refractivity contribution is 0.241. The number of allylic oxidation sites excluding steroid dienone is 1. The van der Waals surface area contributed by atoms with Gasteiger partial charge < -0.3 is 5.11 Å². The van der Waals surface area contributed by atoms with Crippen LogP contribution in [0.5, 0.6) is 0 Å². The molecule has 0 aromatic carbocycles. The predicted octanol–water partition coefficient (Wildman–Crippen LogP) is 1.47. The summed E-state index contributed by atoms with van der Waals surface area (Å²) in [7, 11) is 0. The molecule has 66 valence electrons. The van der Waals surface area contributed by atoms with Crippen LogP contribution in [0.2, 0.25) is 0 Å². The second kappa shape index (κ2) is 3.49. The maximum atomic E-state index is 9.79. The number of pyridine rings is 1. The van der Waals surface area contributed by atoms with Crippen LogP contribution in [0.3, 0.4) is 0 Å². The average Bonchev–Trinajstić information content (AvgIpc) is 2.71. The number of rotatable bonds is 2. The lowest BCUT2D eigenvalue weighted by Crippen LogP contribution is -2.10. The summed E-state index contributed by atoms with van der Waals surface area (Å²) in [6.07, 6.45) is 5.36. The number of nitrogens with zero attached hydrogens (tertiary/aromatic N) is 2. The van der Waals surface area contributed by atoms with Gasteiger partial charge in [-0.2, -0.15) is 0 Å². The first-order chi connectivity index (χ1) is 6.38. The Morgan fingerprint density at radius 3 is 2.92 bits per heavy atom. The quantitative estimate of drug-likeness (QED) is 0.738. The van der Waals surface area contributed by atoms with E-state index in [1.165, 1.54) is 0 Å². The van der Waals surface area contributed by atoms with Crippen LogP contribution in [0.15, 0.2) is 41.7 Å². The van der Waals surface area contributed by atoms with Crippen LogP contribution in [-0.2, 0) is 0 Å². The molecule has 0 amide bonds. The Labute approximate surface area is 76.5 Å². The van der Waals surface area contributed by atoms with Gasteiger partial charge in [0.15, 0.2) is 0 Å². The van der Waals surface area contributed by atoms with E-state index in [0.29, 0.717) is 5.69 Å². The van der Waals surface area contributed by atoms with Gasteiger partial charge in [-0.15, -0.1) is 0 Å². The maximum absolute atomic E-state index is 9.79. The van der Waals surface area contributed by atoms with Gasteiger partial charge in [0.2, 0.25) is 0 Å². The van der Waals surface area contributed by atoms with Crippen molar-refractivity contribution < 1.29 is 5.11 Å². The molecule has 0 saturated carbocycles. The van der Waals surface area contributed by atoms with Crippen LogP contribution >= 0.6 is 0 Å². The Morgan fingerprint density at radius 2 is 2.31 bits per heavy atom. The first kappa shape index (κ1) is 8.13. The molecule has 1 aromatic heterocycles. The summed E-state index contributed by atoms with van der Waals surface area (Å²) < 4.78 is 0. The summed E-state index contributed by atoms with van der Waals surface area (Å²) in [6.45, 7) is 0. The number of aliphatic imine (C=N–C) groups is 1. The van der Waals surface area contributed by atoms with Gasteiger partial charge in [0.25, 0.3) is 0 Å². The van der Waals surface area contributed by atoms with Gasteiger partial charge in [-0.05, 0) is 12.1 Å². The van der Waals surface area contributed by atoms with Crippen LogP contribution in [0.4, 0.5) is 0 Å². The number of hydrogen-bond acceptors (Lipinski definition) is 3. The number of hydrogen-bond donors (Lipinski definition) is 1. The fraction of sp³-hybridized carbons (Fsp3) is 0.200. The van der Waals surface area contributed by atoms with Gasteiger partial charge in [-0.3, -0.25) is 9.98 Å². The molecule has 2 rings (SSSR count). The Hall–Kier alpha value is -1.48. The lowest BCUT2D eigenvalue weighted by atomic mass is 10.1. The van der Waals surface area contributed by atoms with Crippen LogP contribution in [0.25, 0.3) is 0 Å². The molecule has 1 atom stereocenters. The summed E-state index contributed by atoms with van der Waals surface area (Å²) in [5.74, 6) is 0. The van der Waals surface area contributed by atoms with Gasteiger partial charge in [0.1, 0.15) is 6.10 Å². The molecule has 1 N–H and O–H groups in total. The normalized spacial score (nSPS) is 17.2. The number of aliphatic hydroxyl groups excluding tert-OH is 1. The Morgan fingerprint density at radius 1 is 1.38 bits per heavy atom. The van der Waals surface area contributed by atoms with Gasteiger partial charge >= 0.3 is 0 Å². The van der Waals surface area contributed by atoms with E-state index in [1.807, 2.05) is 18.2 Å². The zero-order chi connectivity index (χ0) is 9.10. The zero-order valence-corrected chi connectivity index (χ0v) is 7.09. The van der Waals surface area contributed by atoms with E-state index in [0.717, 1.165) is 12.1 Å². The molecule has 13 heavy (non-hydrogen) atoms. The highest BCUT2D eigenvalue weighted by Gasteiger charge is 2.16. The van der Waals surface area contributed by atoms with Crippen LogP contribution < -0.4 is 0 Å². The summed E-state index contributed by atoms with van der Waals surface area (Å²) in [4.78, 5) is 8.12. The standard InChI is InChI=1S/C10H10N2O/c13-10(9-5-3-7-12-9)8-4-1-2-6-11-8/h1-4,6-7,10,13H,5H2. The van der Waals surface area contributed by atoms with Crippen molar-refractivity contribution in [1.29, 1.82) is 0 Å². The van der Waals surface area contributed by atoms with Crippen molar-refractivity contribution in [3.8, 4) is 0 Å². The lowest BCUT2D eigenvalue weighted by Gasteiger charge is -2.08. The topological polar surface area (TPSA) is 45.5 Å². The van der Waals surface area contributed by atoms with Crippen LogP contribution in [0, 0.1) is 0 Å². The molecule has 0 radical (unpaired) electrons. The molecular formula is C10H10N2O. The second-order valence-corrected chi connectivity index (χ2v) is 2.87. The second-order valence-electron chi connectivity index (χ2n) is 2.87. The van der Waals surface area contributed by atoms with E-state index in [-0.39, 0.29) is 0 Å². The summed E-state index contributed by atoms with van der Waals surface area (Å²) in [5, 5.41) is 9.79. The monoisotopic (exact) mass is 174 g/mol. The average molecular weight is 174 g/mol. The molecule has 2 heterocycles. The number of aliphatic hydroxyl groups is 1. The molecule has 1 aliphatic rings. The minimum atomic E-state index is -0.656. The van der Waals surface area contributed by atoms with Crippen molar-refractivity contribution >= 4 is 5.71 Å². The van der Waals surface area contributed by atoms with E-state index >= 15 is 0 Å². The van der Waals surface area contributed by atoms with Crippen molar-refractivity contribution in [3.05, 3.63) is 42.4 Å². The van der Waals surface area contributed by atoms with Crippen molar-refractivity contribution in [2.75, 3.05) is 0 Å². The SMILES string of the molecule is OC(C1=NC=CC1)c1ccccn1. The van der Waals surface area contributed by atoms with Crippen molar-refractivity contribution in [2.45, 2.75) is 12.5 Å². The largest absolute Gasteiger partial charge is 0.381 e. The van der Waals surface area contributed by atoms with E-state index in [4.69, 9.17) is 0 Å². The van der Waals surface area contributed by atoms with E-state index in [2.05, 4.69) is 9.98 Å². The molecule has 3 nitrogen and oxygen atoms in total. The van der Waals surface area contributed by atoms with Crippen molar-refractivity contribution in [1.82, 2.24) is 4.98 Å². The van der Waals surface area contributed by atoms with E-state index in [9.17, 15) is 5.11 Å². The molecular weight excluding hydrogens is 164 g/mol. The van der Waals surface area contributed by atoms with Crippen LogP contribution in [0.1, 0.15) is 18.2 Å². The smallest absolute Gasteiger partial charge is 0.134 e. The van der Waals surface area contributed by atoms with E-state index in [1.54, 1.807) is 18.5 Å². The van der Waals surface area contributed by atoms with Gasteiger partial charge in [0, 0.05) is 18.8 Å². The third kappa shape index (κ3) is 1.65. The fourth-order valence-electron chi connectivity index (χ4n) is 1.27. The molecule has 0 saturated heterocycles. The van der Waals surface area contributed by atoms with Crippen molar-refractivity contribution in [2.24, 2.45) is 4.99 Å². The molecule has 1 unspecified atom stereocenters. The van der Waals surface area contributed by atoms with E-state index < -0.39 is 6.10 Å². The molecule has 1 aromatic rings. The minimum Gasteiger partial charge on any atom is -0.381 e. The predicted molar refractivity (Wildman–Crippen MR) is 50.4 cm³/mol. The van der Waals surface area contributed by atoms with Crippen molar-refractivity contribution in [3.63, 3.8) is 0 Å². The highest BCUT2D eigenvalue weighted by atomic mass is 16.3. The maximum Gasteiger partial charge on any atom is 0.134 e. The zero-order valence-electron chi connectivity index (χ0n) is 7.09. The first-order valence-electron chi connectivity index (χ1n) is 4.18. The third-order valence-electron chi connectivity index (χ3n) is 1.96. The summed E-state index contributed by atoms with van der Waals surface area (Å²) >= 11 is 0. The fourth-order valence-corrected chi connectivity index (χ4v) is 1.27. The third-order valence-corrected chi connectivity index (χ3v) is 1.96. The summed E-state index contributed by atoms with van der Waals surface area (Å²) in [5.41, 5.74) is 1.42.